The van der Waals surface area contributed by atoms with Crippen molar-refractivity contribution in [2.24, 2.45) is 0 Å². The van der Waals surface area contributed by atoms with Gasteiger partial charge in [-0.15, -0.1) is 0 Å². The fraction of sp³-hybridized carbons (Fsp3) is 0.269. The van der Waals surface area contributed by atoms with Crippen LogP contribution < -0.4 is 16.0 Å². The summed E-state index contributed by atoms with van der Waals surface area (Å²) in [6.07, 6.45) is 0.907. The zero-order chi connectivity index (χ0) is 21.6. The van der Waals surface area contributed by atoms with Crippen molar-refractivity contribution in [3.8, 4) is 0 Å². The van der Waals surface area contributed by atoms with Gasteiger partial charge in [-0.3, -0.25) is 4.79 Å². The smallest absolute Gasteiger partial charge is 0.307 e. The topological polar surface area (TPSA) is 73.4 Å². The van der Waals surface area contributed by atoms with Crippen LogP contribution in [0.1, 0.15) is 28.3 Å². The monoisotopic (exact) mass is 415 g/mol. The van der Waals surface area contributed by atoms with E-state index in [2.05, 4.69) is 59.3 Å². The van der Waals surface area contributed by atoms with Crippen molar-refractivity contribution in [1.82, 2.24) is 5.32 Å². The molecule has 5 heteroatoms. The third-order valence-corrected chi connectivity index (χ3v) is 5.87. The SMILES string of the molecule is Cc1ccc(CC(=O)O)cc1CCN[C@H](c1ccccc1)[C@H]1CNc2ccccc2N1. The highest BCUT2D eigenvalue weighted by Crippen LogP contribution is 2.30. The molecule has 1 aliphatic rings. The van der Waals surface area contributed by atoms with E-state index in [1.165, 1.54) is 16.7 Å². The van der Waals surface area contributed by atoms with Gasteiger partial charge in [0.2, 0.25) is 0 Å². The molecule has 0 aliphatic carbocycles. The molecule has 0 spiro atoms. The molecule has 0 fully saturated rings. The van der Waals surface area contributed by atoms with E-state index < -0.39 is 5.97 Å². The number of anilines is 2. The molecule has 0 unspecified atom stereocenters. The molecule has 3 aromatic carbocycles. The predicted molar refractivity (Wildman–Crippen MR) is 126 cm³/mol. The number of hydrogen-bond acceptors (Lipinski definition) is 4. The Bertz CT molecular complexity index is 1040. The average molecular weight is 416 g/mol. The summed E-state index contributed by atoms with van der Waals surface area (Å²) in [7, 11) is 0. The van der Waals surface area contributed by atoms with Gasteiger partial charge < -0.3 is 21.1 Å². The Labute approximate surface area is 183 Å². The first-order chi connectivity index (χ1) is 15.1. The third-order valence-electron chi connectivity index (χ3n) is 5.87. The maximum absolute atomic E-state index is 11.1. The molecule has 0 radical (unpaired) electrons. The molecule has 5 nitrogen and oxygen atoms in total. The van der Waals surface area contributed by atoms with E-state index in [1.807, 2.05) is 36.4 Å². The summed E-state index contributed by atoms with van der Waals surface area (Å²) in [4.78, 5) is 11.1. The van der Waals surface area contributed by atoms with Gasteiger partial charge in [-0.25, -0.2) is 0 Å². The second-order valence-electron chi connectivity index (χ2n) is 8.10. The molecule has 160 valence electrons. The standard InChI is InChI=1S/C26H29N3O2/c1-18-11-12-19(16-25(30)31)15-21(18)13-14-27-26(20-7-3-2-4-8-20)24-17-28-22-9-5-6-10-23(22)29-24/h2-12,15,24,26-29H,13-14,16-17H2,1H3,(H,30,31)/t24-,26-/m1/s1. The summed E-state index contributed by atoms with van der Waals surface area (Å²) >= 11 is 0. The zero-order valence-corrected chi connectivity index (χ0v) is 17.8. The summed E-state index contributed by atoms with van der Waals surface area (Å²) in [5.41, 5.74) is 6.74. The number of carboxylic acids is 1. The van der Waals surface area contributed by atoms with E-state index in [9.17, 15) is 4.79 Å². The van der Waals surface area contributed by atoms with Crippen LogP contribution in [0, 0.1) is 6.92 Å². The molecule has 4 rings (SSSR count). The van der Waals surface area contributed by atoms with Crippen LogP contribution in [0.5, 0.6) is 0 Å². The van der Waals surface area contributed by atoms with E-state index in [1.54, 1.807) is 0 Å². The quantitative estimate of drug-likeness (QED) is 0.439. The van der Waals surface area contributed by atoms with Crippen LogP contribution >= 0.6 is 0 Å². The van der Waals surface area contributed by atoms with Gasteiger partial charge in [0.15, 0.2) is 0 Å². The van der Waals surface area contributed by atoms with E-state index in [0.29, 0.717) is 0 Å². The molecule has 0 aromatic heterocycles. The molecule has 0 bridgehead atoms. The molecule has 1 heterocycles. The first-order valence-corrected chi connectivity index (χ1v) is 10.8. The molecule has 4 N–H and O–H groups in total. The fourth-order valence-electron chi connectivity index (χ4n) is 4.23. The van der Waals surface area contributed by atoms with Crippen molar-refractivity contribution in [1.29, 1.82) is 0 Å². The van der Waals surface area contributed by atoms with Crippen molar-refractivity contribution in [2.45, 2.75) is 31.8 Å². The first-order valence-electron chi connectivity index (χ1n) is 10.8. The minimum Gasteiger partial charge on any atom is -0.481 e. The lowest BCUT2D eigenvalue weighted by molar-refractivity contribution is -0.136. The number of rotatable bonds is 8. The first kappa shape index (κ1) is 20.9. The Kier molecular flexibility index (Phi) is 6.53. The molecule has 2 atom stereocenters. The van der Waals surface area contributed by atoms with Crippen molar-refractivity contribution < 1.29 is 9.90 Å². The van der Waals surface area contributed by atoms with Gasteiger partial charge >= 0.3 is 5.97 Å². The average Bonchev–Trinajstić information content (AvgIpc) is 2.78. The summed E-state index contributed by atoms with van der Waals surface area (Å²) in [6, 6.07) is 25.1. The molecule has 0 saturated carbocycles. The highest BCUT2D eigenvalue weighted by Gasteiger charge is 2.26. The van der Waals surface area contributed by atoms with Crippen LogP contribution in [-0.4, -0.2) is 30.2 Å². The lowest BCUT2D eigenvalue weighted by atomic mass is 9.96. The van der Waals surface area contributed by atoms with Gasteiger partial charge in [-0.1, -0.05) is 60.7 Å². The minimum absolute atomic E-state index is 0.0599. The summed E-state index contributed by atoms with van der Waals surface area (Å²) in [5.74, 6) is -0.798. The molecule has 31 heavy (non-hydrogen) atoms. The number of nitrogens with one attached hydrogen (secondary N) is 3. The summed E-state index contributed by atoms with van der Waals surface area (Å²) < 4.78 is 0. The maximum Gasteiger partial charge on any atom is 0.307 e. The highest BCUT2D eigenvalue weighted by atomic mass is 16.4. The Hall–Kier alpha value is -3.31. The largest absolute Gasteiger partial charge is 0.481 e. The number of hydrogen-bond donors (Lipinski definition) is 4. The predicted octanol–water partition coefficient (Wildman–Crippen LogP) is 4.40. The van der Waals surface area contributed by atoms with Crippen LogP contribution in [-0.2, 0) is 17.6 Å². The van der Waals surface area contributed by atoms with Crippen LogP contribution in [0.15, 0.2) is 72.8 Å². The van der Waals surface area contributed by atoms with E-state index in [4.69, 9.17) is 5.11 Å². The van der Waals surface area contributed by atoms with Crippen molar-refractivity contribution >= 4 is 17.3 Å². The molecule has 0 amide bonds. The van der Waals surface area contributed by atoms with Crippen LogP contribution in [0.4, 0.5) is 11.4 Å². The fourth-order valence-corrected chi connectivity index (χ4v) is 4.23. The summed E-state index contributed by atoms with van der Waals surface area (Å²) in [5, 5.41) is 20.1. The molecule has 1 aliphatic heterocycles. The van der Waals surface area contributed by atoms with Gasteiger partial charge in [0.25, 0.3) is 0 Å². The highest BCUT2D eigenvalue weighted by molar-refractivity contribution is 5.71. The Morgan fingerprint density at radius 3 is 2.58 bits per heavy atom. The third kappa shape index (κ3) is 5.25. The van der Waals surface area contributed by atoms with Crippen LogP contribution in [0.3, 0.4) is 0 Å². The van der Waals surface area contributed by atoms with E-state index >= 15 is 0 Å². The minimum atomic E-state index is -0.798. The van der Waals surface area contributed by atoms with Crippen molar-refractivity contribution in [2.75, 3.05) is 23.7 Å². The van der Waals surface area contributed by atoms with Gasteiger partial charge in [0.1, 0.15) is 0 Å². The zero-order valence-electron chi connectivity index (χ0n) is 17.8. The van der Waals surface area contributed by atoms with E-state index in [-0.39, 0.29) is 18.5 Å². The number of aliphatic carboxylic acids is 1. The van der Waals surface area contributed by atoms with Gasteiger partial charge in [0.05, 0.1) is 29.9 Å². The van der Waals surface area contributed by atoms with Gasteiger partial charge in [0, 0.05) is 6.54 Å². The lowest BCUT2D eigenvalue weighted by Crippen LogP contribution is -2.44. The number of benzene rings is 3. The Morgan fingerprint density at radius 1 is 1.06 bits per heavy atom. The van der Waals surface area contributed by atoms with Crippen molar-refractivity contribution in [3.05, 3.63) is 95.1 Å². The van der Waals surface area contributed by atoms with Crippen LogP contribution in [0.25, 0.3) is 0 Å². The number of carbonyl (C=O) groups is 1. The normalized spacial score (nSPS) is 16.0. The Balaban J connectivity index is 1.47. The molecular weight excluding hydrogens is 386 g/mol. The number of carboxylic acid groups (broad SMARTS) is 1. The van der Waals surface area contributed by atoms with Crippen LogP contribution in [0.2, 0.25) is 0 Å². The molecule has 3 aromatic rings. The Morgan fingerprint density at radius 2 is 1.81 bits per heavy atom. The number of para-hydroxylation sites is 2. The second-order valence-corrected chi connectivity index (χ2v) is 8.10. The summed E-state index contributed by atoms with van der Waals surface area (Å²) in [6.45, 7) is 3.71. The van der Waals surface area contributed by atoms with Gasteiger partial charge in [-0.05, 0) is 54.3 Å². The second kappa shape index (κ2) is 9.67. The number of fused-ring (bicyclic) bond motifs is 1. The van der Waals surface area contributed by atoms with Crippen molar-refractivity contribution in [3.63, 3.8) is 0 Å². The number of aryl methyl sites for hydroxylation is 1. The molecule has 0 saturated heterocycles. The lowest BCUT2D eigenvalue weighted by Gasteiger charge is -2.35. The maximum atomic E-state index is 11.1. The van der Waals surface area contributed by atoms with Gasteiger partial charge in [-0.2, -0.15) is 0 Å². The van der Waals surface area contributed by atoms with E-state index in [0.717, 1.165) is 36.4 Å². The molecular formula is C26H29N3O2.